The van der Waals surface area contributed by atoms with E-state index in [2.05, 4.69) is 9.97 Å². The van der Waals surface area contributed by atoms with Crippen molar-refractivity contribution in [2.24, 2.45) is 0 Å². The zero-order valence-electron chi connectivity index (χ0n) is 10.2. The summed E-state index contributed by atoms with van der Waals surface area (Å²) in [6.45, 7) is 0. The highest BCUT2D eigenvalue weighted by Gasteiger charge is 2.13. The van der Waals surface area contributed by atoms with Crippen LogP contribution in [-0.2, 0) is 6.42 Å². The summed E-state index contributed by atoms with van der Waals surface area (Å²) in [5.74, 6) is -1.56. The van der Waals surface area contributed by atoms with Gasteiger partial charge in [0.05, 0.1) is 18.9 Å². The number of aromatic nitrogens is 2. The summed E-state index contributed by atoms with van der Waals surface area (Å²) in [5.41, 5.74) is 0.834. The Bertz CT molecular complexity index is 578. The Morgan fingerprint density at radius 2 is 2.00 bits per heavy atom. The van der Waals surface area contributed by atoms with Gasteiger partial charge < -0.3 is 9.84 Å². The summed E-state index contributed by atoms with van der Waals surface area (Å²) in [5, 5.41) is 9.96. The van der Waals surface area contributed by atoms with Crippen molar-refractivity contribution >= 4 is 0 Å². The molecule has 1 unspecified atom stereocenters. The molecule has 6 heteroatoms. The van der Waals surface area contributed by atoms with Gasteiger partial charge in [0.15, 0.2) is 11.6 Å². The maximum atomic E-state index is 13.1. The van der Waals surface area contributed by atoms with Crippen LogP contribution in [0.2, 0.25) is 0 Å². The summed E-state index contributed by atoms with van der Waals surface area (Å²) < 4.78 is 30.8. The molecule has 100 valence electrons. The number of hydrogen-bond acceptors (Lipinski definition) is 4. The molecule has 0 aliphatic rings. The first-order chi connectivity index (χ1) is 9.10. The number of hydrogen-bond donors (Lipinski definition) is 1. The third-order valence-electron chi connectivity index (χ3n) is 2.64. The minimum Gasteiger partial charge on any atom is -0.481 e. The second-order valence-corrected chi connectivity index (χ2v) is 3.95. The van der Waals surface area contributed by atoms with Gasteiger partial charge >= 0.3 is 0 Å². The smallest absolute Gasteiger partial charge is 0.216 e. The van der Waals surface area contributed by atoms with Gasteiger partial charge in [-0.25, -0.2) is 18.7 Å². The average molecular weight is 266 g/mol. The van der Waals surface area contributed by atoms with Crippen molar-refractivity contribution < 1.29 is 18.6 Å². The van der Waals surface area contributed by atoms with Crippen molar-refractivity contribution in [3.8, 4) is 5.88 Å². The van der Waals surface area contributed by atoms with Gasteiger partial charge in [-0.3, -0.25) is 0 Å². The van der Waals surface area contributed by atoms with E-state index in [9.17, 15) is 13.9 Å². The Labute approximate surface area is 108 Å². The van der Waals surface area contributed by atoms with Crippen LogP contribution >= 0.6 is 0 Å². The number of ether oxygens (including phenoxy) is 1. The number of aliphatic hydroxyl groups excluding tert-OH is 1. The van der Waals surface area contributed by atoms with Crippen molar-refractivity contribution in [3.05, 3.63) is 53.5 Å². The lowest BCUT2D eigenvalue weighted by Gasteiger charge is -2.11. The van der Waals surface area contributed by atoms with Crippen LogP contribution in [0.1, 0.15) is 17.4 Å². The normalized spacial score (nSPS) is 12.2. The fourth-order valence-corrected chi connectivity index (χ4v) is 1.64. The van der Waals surface area contributed by atoms with Gasteiger partial charge in [0.25, 0.3) is 0 Å². The van der Waals surface area contributed by atoms with Gasteiger partial charge in [0, 0.05) is 12.5 Å². The van der Waals surface area contributed by atoms with Gasteiger partial charge in [0.2, 0.25) is 5.88 Å². The molecule has 0 spiro atoms. The first kappa shape index (κ1) is 13.4. The summed E-state index contributed by atoms with van der Waals surface area (Å²) in [6.07, 6.45) is 0.491. The summed E-state index contributed by atoms with van der Waals surface area (Å²) in [6, 6.07) is 4.86. The number of benzene rings is 1. The Kier molecular flexibility index (Phi) is 4.01. The van der Waals surface area contributed by atoms with Crippen molar-refractivity contribution in [2.45, 2.75) is 12.5 Å². The zero-order chi connectivity index (χ0) is 13.8. The third-order valence-corrected chi connectivity index (χ3v) is 2.64. The quantitative estimate of drug-likeness (QED) is 0.920. The molecule has 1 heterocycles. The van der Waals surface area contributed by atoms with E-state index in [1.54, 1.807) is 6.07 Å². The molecule has 0 saturated carbocycles. The Morgan fingerprint density at radius 3 is 2.68 bits per heavy atom. The van der Waals surface area contributed by atoms with Crippen LogP contribution in [0.25, 0.3) is 0 Å². The van der Waals surface area contributed by atoms with Crippen molar-refractivity contribution in [2.75, 3.05) is 7.11 Å². The predicted octanol–water partition coefficient (Wildman–Crippen LogP) is 2.04. The molecule has 0 radical (unpaired) electrons. The summed E-state index contributed by atoms with van der Waals surface area (Å²) >= 11 is 0. The van der Waals surface area contributed by atoms with E-state index in [-0.39, 0.29) is 12.0 Å². The highest BCUT2D eigenvalue weighted by molar-refractivity contribution is 5.22. The lowest BCUT2D eigenvalue weighted by atomic mass is 10.0. The largest absolute Gasteiger partial charge is 0.481 e. The van der Waals surface area contributed by atoms with Crippen LogP contribution in [0.3, 0.4) is 0 Å². The molecule has 2 aromatic rings. The van der Waals surface area contributed by atoms with E-state index in [1.807, 2.05) is 0 Å². The van der Waals surface area contributed by atoms with Crippen LogP contribution in [0.15, 0.2) is 30.6 Å². The molecule has 0 bridgehead atoms. The zero-order valence-corrected chi connectivity index (χ0v) is 10.2. The van der Waals surface area contributed by atoms with Gasteiger partial charge in [-0.1, -0.05) is 6.07 Å². The maximum Gasteiger partial charge on any atom is 0.216 e. The van der Waals surface area contributed by atoms with Crippen molar-refractivity contribution in [3.63, 3.8) is 0 Å². The SMILES string of the molecule is COc1cc(CC(O)c2ccc(F)c(F)c2)ncn1. The Hall–Kier alpha value is -2.08. The number of rotatable bonds is 4. The van der Waals surface area contributed by atoms with Crippen LogP contribution in [-0.4, -0.2) is 22.2 Å². The topological polar surface area (TPSA) is 55.2 Å². The summed E-state index contributed by atoms with van der Waals surface area (Å²) in [4.78, 5) is 7.81. The first-order valence-electron chi connectivity index (χ1n) is 5.58. The summed E-state index contributed by atoms with van der Waals surface area (Å²) in [7, 11) is 1.47. The minimum absolute atomic E-state index is 0.157. The molecule has 19 heavy (non-hydrogen) atoms. The van der Waals surface area contributed by atoms with Crippen LogP contribution in [0.5, 0.6) is 5.88 Å². The monoisotopic (exact) mass is 266 g/mol. The van der Waals surface area contributed by atoms with Crippen molar-refractivity contribution in [1.29, 1.82) is 0 Å². The third kappa shape index (κ3) is 3.23. The molecule has 0 fully saturated rings. The van der Waals surface area contributed by atoms with E-state index in [0.29, 0.717) is 11.6 Å². The molecule has 1 aromatic carbocycles. The predicted molar refractivity (Wildman–Crippen MR) is 63.6 cm³/mol. The number of aliphatic hydroxyl groups is 1. The molecular weight excluding hydrogens is 254 g/mol. The molecule has 0 saturated heterocycles. The van der Waals surface area contributed by atoms with E-state index in [1.165, 1.54) is 19.5 Å². The molecule has 1 aromatic heterocycles. The highest BCUT2D eigenvalue weighted by Crippen LogP contribution is 2.20. The number of nitrogens with zero attached hydrogens (tertiary/aromatic N) is 2. The average Bonchev–Trinajstić information content (AvgIpc) is 2.42. The fraction of sp³-hybridized carbons (Fsp3) is 0.231. The van der Waals surface area contributed by atoms with E-state index in [0.717, 1.165) is 12.1 Å². The van der Waals surface area contributed by atoms with Crippen molar-refractivity contribution in [1.82, 2.24) is 9.97 Å². The molecule has 1 N–H and O–H groups in total. The molecular formula is C13H12F2N2O2. The van der Waals surface area contributed by atoms with Gasteiger partial charge in [0.1, 0.15) is 6.33 Å². The molecule has 1 atom stereocenters. The molecule has 0 amide bonds. The lowest BCUT2D eigenvalue weighted by molar-refractivity contribution is 0.176. The second-order valence-electron chi connectivity index (χ2n) is 3.95. The van der Waals surface area contributed by atoms with E-state index < -0.39 is 17.7 Å². The van der Waals surface area contributed by atoms with Crippen LogP contribution < -0.4 is 4.74 Å². The second kappa shape index (κ2) is 5.71. The van der Waals surface area contributed by atoms with Gasteiger partial charge in [-0.2, -0.15) is 0 Å². The molecule has 0 aliphatic heterocycles. The molecule has 2 rings (SSSR count). The molecule has 0 aliphatic carbocycles. The number of methoxy groups -OCH3 is 1. The number of halogens is 2. The van der Waals surface area contributed by atoms with E-state index >= 15 is 0 Å². The maximum absolute atomic E-state index is 13.1. The van der Waals surface area contributed by atoms with Gasteiger partial charge in [-0.15, -0.1) is 0 Å². The Morgan fingerprint density at radius 1 is 1.21 bits per heavy atom. The fourth-order valence-electron chi connectivity index (χ4n) is 1.64. The molecule has 4 nitrogen and oxygen atoms in total. The van der Waals surface area contributed by atoms with Crippen LogP contribution in [0, 0.1) is 11.6 Å². The highest BCUT2D eigenvalue weighted by atomic mass is 19.2. The standard InChI is InChI=1S/C13H12F2N2O2/c1-19-13-6-9(16-7-17-13)5-12(18)8-2-3-10(14)11(15)4-8/h2-4,6-7,12,18H,5H2,1H3. The van der Waals surface area contributed by atoms with E-state index in [4.69, 9.17) is 4.74 Å². The van der Waals surface area contributed by atoms with Gasteiger partial charge in [-0.05, 0) is 17.7 Å². The Balaban J connectivity index is 2.15. The lowest BCUT2D eigenvalue weighted by Crippen LogP contribution is -2.05. The first-order valence-corrected chi connectivity index (χ1v) is 5.58. The minimum atomic E-state index is -0.989. The van der Waals surface area contributed by atoms with Crippen LogP contribution in [0.4, 0.5) is 8.78 Å².